The van der Waals surface area contributed by atoms with E-state index in [0.717, 1.165) is 18.6 Å². The molecule has 0 unspecified atom stereocenters. The molecule has 0 spiro atoms. The van der Waals surface area contributed by atoms with Gasteiger partial charge < -0.3 is 4.74 Å². The summed E-state index contributed by atoms with van der Waals surface area (Å²) in [4.78, 5) is 12.5. The van der Waals surface area contributed by atoms with Crippen LogP contribution in [0.15, 0.2) is 29.2 Å². The number of aryl methyl sites for hydroxylation is 1. The summed E-state index contributed by atoms with van der Waals surface area (Å²) >= 11 is 1.82. The zero-order valence-electron chi connectivity index (χ0n) is 10.6. The smallest absolute Gasteiger partial charge is 0.305 e. The van der Waals surface area contributed by atoms with Crippen molar-refractivity contribution in [1.29, 1.82) is 0 Å². The summed E-state index contributed by atoms with van der Waals surface area (Å²) < 4.78 is 4.89. The van der Waals surface area contributed by atoms with Crippen LogP contribution in [0.1, 0.15) is 32.3 Å². The van der Waals surface area contributed by atoms with Crippen molar-refractivity contribution in [2.75, 3.05) is 12.4 Å². The largest absolute Gasteiger partial charge is 0.466 e. The lowest BCUT2D eigenvalue weighted by atomic mass is 10.2. The Balaban J connectivity index is 2.28. The van der Waals surface area contributed by atoms with E-state index in [0.29, 0.717) is 13.0 Å². The first-order valence-electron chi connectivity index (χ1n) is 6.14. The molecule has 0 radical (unpaired) electrons. The molecule has 0 saturated heterocycles. The Kier molecular flexibility index (Phi) is 6.78. The SMILES string of the molecule is CCOC(=O)CCCSc1ccccc1CC. The first kappa shape index (κ1) is 14.1. The molecule has 2 nitrogen and oxygen atoms in total. The van der Waals surface area contributed by atoms with Crippen LogP contribution in [0, 0.1) is 0 Å². The van der Waals surface area contributed by atoms with Gasteiger partial charge >= 0.3 is 5.97 Å². The second-order valence-electron chi connectivity index (χ2n) is 3.72. The third-order valence-corrected chi connectivity index (χ3v) is 3.64. The van der Waals surface area contributed by atoms with Crippen LogP contribution in [0.25, 0.3) is 0 Å². The van der Waals surface area contributed by atoms with Gasteiger partial charge in [-0.1, -0.05) is 25.1 Å². The Morgan fingerprint density at radius 2 is 2.06 bits per heavy atom. The molecule has 0 fully saturated rings. The molecule has 1 aromatic carbocycles. The Morgan fingerprint density at radius 3 is 2.76 bits per heavy atom. The van der Waals surface area contributed by atoms with Crippen LogP contribution < -0.4 is 0 Å². The van der Waals surface area contributed by atoms with Crippen LogP contribution in [0.2, 0.25) is 0 Å². The number of ether oxygens (including phenoxy) is 1. The number of esters is 1. The van der Waals surface area contributed by atoms with Gasteiger partial charge in [0.2, 0.25) is 0 Å². The summed E-state index contributed by atoms with van der Waals surface area (Å²) in [5, 5.41) is 0. The number of thioether (sulfide) groups is 1. The van der Waals surface area contributed by atoms with Crippen LogP contribution in [-0.2, 0) is 16.0 Å². The average Bonchev–Trinajstić information content (AvgIpc) is 2.35. The topological polar surface area (TPSA) is 26.3 Å². The fourth-order valence-electron chi connectivity index (χ4n) is 1.57. The van der Waals surface area contributed by atoms with E-state index in [1.54, 1.807) is 0 Å². The standard InChI is InChI=1S/C14H20O2S/c1-3-12-8-5-6-9-13(12)17-11-7-10-14(15)16-4-2/h5-6,8-9H,3-4,7,10-11H2,1-2H3. The monoisotopic (exact) mass is 252 g/mol. The molecule has 0 amide bonds. The molecule has 1 aromatic rings. The van der Waals surface area contributed by atoms with Crippen LogP contribution in [0.4, 0.5) is 0 Å². The predicted octanol–water partition coefficient (Wildman–Crippen LogP) is 3.68. The highest BCUT2D eigenvalue weighted by Crippen LogP contribution is 2.23. The molecule has 0 N–H and O–H groups in total. The molecule has 0 heterocycles. The number of carbonyl (C=O) groups excluding carboxylic acids is 1. The molecular weight excluding hydrogens is 232 g/mol. The maximum Gasteiger partial charge on any atom is 0.305 e. The van der Waals surface area contributed by atoms with Crippen molar-refractivity contribution in [3.8, 4) is 0 Å². The van der Waals surface area contributed by atoms with Crippen LogP contribution in [0.3, 0.4) is 0 Å². The average molecular weight is 252 g/mol. The highest BCUT2D eigenvalue weighted by molar-refractivity contribution is 7.99. The Hall–Kier alpha value is -0.960. The quantitative estimate of drug-likeness (QED) is 0.420. The van der Waals surface area contributed by atoms with Crippen molar-refractivity contribution in [3.05, 3.63) is 29.8 Å². The highest BCUT2D eigenvalue weighted by Gasteiger charge is 2.03. The molecule has 0 aliphatic heterocycles. The second-order valence-corrected chi connectivity index (χ2v) is 4.86. The van der Waals surface area contributed by atoms with E-state index < -0.39 is 0 Å². The lowest BCUT2D eigenvalue weighted by molar-refractivity contribution is -0.143. The van der Waals surface area contributed by atoms with E-state index in [9.17, 15) is 4.79 Å². The van der Waals surface area contributed by atoms with Gasteiger partial charge in [0.15, 0.2) is 0 Å². The van der Waals surface area contributed by atoms with Gasteiger partial charge in [-0.05, 0) is 37.1 Å². The fraction of sp³-hybridized carbons (Fsp3) is 0.500. The third-order valence-electron chi connectivity index (χ3n) is 2.44. The van der Waals surface area contributed by atoms with E-state index in [1.165, 1.54) is 10.5 Å². The Morgan fingerprint density at radius 1 is 1.29 bits per heavy atom. The molecule has 0 atom stereocenters. The zero-order chi connectivity index (χ0) is 12.5. The maximum atomic E-state index is 11.1. The van der Waals surface area contributed by atoms with Gasteiger partial charge in [0.1, 0.15) is 0 Å². The number of hydrogen-bond acceptors (Lipinski definition) is 3. The van der Waals surface area contributed by atoms with Gasteiger partial charge in [-0.2, -0.15) is 0 Å². The molecule has 0 aliphatic rings. The first-order valence-corrected chi connectivity index (χ1v) is 7.12. The normalized spacial score (nSPS) is 10.2. The Labute approximate surface area is 108 Å². The molecule has 17 heavy (non-hydrogen) atoms. The van der Waals surface area contributed by atoms with Crippen LogP contribution in [-0.4, -0.2) is 18.3 Å². The summed E-state index contributed by atoms with van der Waals surface area (Å²) in [7, 11) is 0. The molecule has 0 saturated carbocycles. The van der Waals surface area contributed by atoms with Gasteiger partial charge in [0.05, 0.1) is 6.61 Å². The molecule has 94 valence electrons. The minimum absolute atomic E-state index is 0.0862. The van der Waals surface area contributed by atoms with E-state index in [-0.39, 0.29) is 5.97 Å². The molecular formula is C14H20O2S. The van der Waals surface area contributed by atoms with E-state index in [2.05, 4.69) is 31.2 Å². The maximum absolute atomic E-state index is 11.1. The summed E-state index contributed by atoms with van der Waals surface area (Å²) in [5.74, 6) is 0.882. The minimum Gasteiger partial charge on any atom is -0.466 e. The van der Waals surface area contributed by atoms with Crippen LogP contribution >= 0.6 is 11.8 Å². The summed E-state index contributed by atoms with van der Waals surface area (Å²) in [5.41, 5.74) is 1.38. The van der Waals surface area contributed by atoms with Crippen molar-refractivity contribution >= 4 is 17.7 Å². The zero-order valence-corrected chi connectivity index (χ0v) is 11.4. The second kappa shape index (κ2) is 8.18. The number of rotatable bonds is 7. The van der Waals surface area contributed by atoms with Crippen molar-refractivity contribution in [2.24, 2.45) is 0 Å². The summed E-state index contributed by atoms with van der Waals surface area (Å²) in [6.45, 7) is 4.48. The van der Waals surface area contributed by atoms with Gasteiger partial charge in [-0.25, -0.2) is 0 Å². The fourth-order valence-corrected chi connectivity index (χ4v) is 2.65. The molecule has 0 bridgehead atoms. The summed E-state index contributed by atoms with van der Waals surface area (Å²) in [6, 6.07) is 8.44. The van der Waals surface area contributed by atoms with Crippen molar-refractivity contribution < 1.29 is 9.53 Å². The van der Waals surface area contributed by atoms with E-state index >= 15 is 0 Å². The number of benzene rings is 1. The van der Waals surface area contributed by atoms with Crippen molar-refractivity contribution in [3.63, 3.8) is 0 Å². The number of carbonyl (C=O) groups is 1. The molecule has 0 aliphatic carbocycles. The van der Waals surface area contributed by atoms with Gasteiger partial charge in [0, 0.05) is 11.3 Å². The van der Waals surface area contributed by atoms with Crippen LogP contribution in [0.5, 0.6) is 0 Å². The van der Waals surface area contributed by atoms with Crippen molar-refractivity contribution in [2.45, 2.75) is 38.0 Å². The predicted molar refractivity (Wildman–Crippen MR) is 72.4 cm³/mol. The summed E-state index contributed by atoms with van der Waals surface area (Å²) in [6.07, 6.45) is 2.46. The molecule has 3 heteroatoms. The van der Waals surface area contributed by atoms with Crippen molar-refractivity contribution in [1.82, 2.24) is 0 Å². The van der Waals surface area contributed by atoms with E-state index in [1.807, 2.05) is 18.7 Å². The Bertz CT molecular complexity index is 350. The highest BCUT2D eigenvalue weighted by atomic mass is 32.2. The van der Waals surface area contributed by atoms with E-state index in [4.69, 9.17) is 4.74 Å². The minimum atomic E-state index is -0.0862. The third kappa shape index (κ3) is 5.26. The van der Waals surface area contributed by atoms with Gasteiger partial charge in [-0.15, -0.1) is 11.8 Å². The lowest BCUT2D eigenvalue weighted by Crippen LogP contribution is -2.03. The molecule has 1 rings (SSSR count). The first-order chi connectivity index (χ1) is 8.27. The lowest BCUT2D eigenvalue weighted by Gasteiger charge is -2.06. The van der Waals surface area contributed by atoms with Gasteiger partial charge in [-0.3, -0.25) is 4.79 Å². The van der Waals surface area contributed by atoms with Gasteiger partial charge in [0.25, 0.3) is 0 Å². The number of hydrogen-bond donors (Lipinski definition) is 0. The molecule has 0 aromatic heterocycles.